The van der Waals surface area contributed by atoms with Crippen LogP contribution in [-0.4, -0.2) is 26.9 Å². The second-order valence-corrected chi connectivity index (χ2v) is 11.5. The van der Waals surface area contributed by atoms with Crippen LogP contribution in [0, 0.1) is 30.2 Å². The Kier molecular flexibility index (Phi) is 9.33. The molecular formula is C29H36Cl2N4O3. The summed E-state index contributed by atoms with van der Waals surface area (Å²) in [6.07, 6.45) is 3.67. The third-order valence-corrected chi connectivity index (χ3v) is 8.06. The zero-order valence-corrected chi connectivity index (χ0v) is 24.6. The van der Waals surface area contributed by atoms with E-state index in [1.54, 1.807) is 32.0 Å². The summed E-state index contributed by atoms with van der Waals surface area (Å²) in [5.74, 6) is 1.58. The Labute approximate surface area is 234 Å². The van der Waals surface area contributed by atoms with Gasteiger partial charge in [-0.15, -0.1) is 0 Å². The van der Waals surface area contributed by atoms with E-state index in [2.05, 4.69) is 30.7 Å². The number of esters is 1. The number of ether oxygens (including phenoxy) is 1. The van der Waals surface area contributed by atoms with Crippen LogP contribution >= 0.6 is 23.2 Å². The molecule has 0 saturated heterocycles. The topological polar surface area (TPSA) is 80.8 Å². The lowest BCUT2D eigenvalue weighted by molar-refractivity contribution is -0.111. The molecular weight excluding hydrogens is 523 g/mol. The van der Waals surface area contributed by atoms with Crippen LogP contribution in [0.5, 0.6) is 5.88 Å². The third kappa shape index (κ3) is 5.62. The van der Waals surface area contributed by atoms with Gasteiger partial charge in [0.15, 0.2) is 0 Å². The van der Waals surface area contributed by atoms with E-state index >= 15 is 0 Å². The Morgan fingerprint density at radius 2 is 1.79 bits per heavy atom. The van der Waals surface area contributed by atoms with E-state index in [1.807, 2.05) is 13.8 Å². The molecule has 204 valence electrons. The average Bonchev–Trinajstić information content (AvgIpc) is 3.41. The Morgan fingerprint density at radius 1 is 1.21 bits per heavy atom. The molecule has 1 aliphatic rings. The van der Waals surface area contributed by atoms with E-state index in [1.165, 1.54) is 4.52 Å². The van der Waals surface area contributed by atoms with Crippen LogP contribution in [0.25, 0.3) is 10.5 Å². The Bertz CT molecular complexity index is 1340. The number of aldehydes is 1. The first-order valence-electron chi connectivity index (χ1n) is 13.1. The van der Waals surface area contributed by atoms with E-state index in [9.17, 15) is 9.59 Å². The van der Waals surface area contributed by atoms with E-state index in [0.717, 1.165) is 19.1 Å². The maximum atomic E-state index is 13.2. The molecule has 1 aliphatic carbocycles. The number of carbonyl (C=O) groups excluding carboxylic acids is 2. The average molecular weight is 560 g/mol. The molecule has 1 saturated carbocycles. The van der Waals surface area contributed by atoms with Gasteiger partial charge >= 0.3 is 5.97 Å². The van der Waals surface area contributed by atoms with Crippen molar-refractivity contribution < 1.29 is 14.3 Å². The summed E-state index contributed by atoms with van der Waals surface area (Å²) >= 11 is 12.5. The SMILES string of the molecule is CC.[C-]#[N+]c1c(CC2C(C)CC(C)CC2C)c2nc(C(C)(C)C=O)[nH]n2c1OC(=O)c1c(Cl)cccc1Cl. The first-order chi connectivity index (χ1) is 18.0. The van der Waals surface area contributed by atoms with E-state index < -0.39 is 11.4 Å². The molecule has 3 aromatic rings. The Morgan fingerprint density at radius 3 is 2.32 bits per heavy atom. The fraction of sp³-hybridized carbons (Fsp3) is 0.517. The maximum Gasteiger partial charge on any atom is 0.346 e. The second-order valence-electron chi connectivity index (χ2n) is 10.7. The van der Waals surface area contributed by atoms with Crippen molar-refractivity contribution in [3.8, 4) is 5.88 Å². The van der Waals surface area contributed by atoms with E-state index in [0.29, 0.717) is 47.1 Å². The number of aromatic nitrogens is 3. The van der Waals surface area contributed by atoms with Crippen LogP contribution in [0.4, 0.5) is 5.69 Å². The minimum atomic E-state index is -0.900. The van der Waals surface area contributed by atoms with Crippen molar-refractivity contribution in [2.45, 2.75) is 73.1 Å². The quantitative estimate of drug-likeness (QED) is 0.188. The standard InChI is InChI=1S/C27H30Cl2N4O3.C2H6/c1-14-10-15(2)17(16(3)11-14)12-18-22(30-6)24(33-23(18)31-26(32-33)27(4,5)13-34)36-25(35)21-19(28)8-7-9-20(21)29;1-2/h7-9,13-17H,10-12H2,1-5H3,(H,31,32);1-2H3. The van der Waals surface area contributed by atoms with Crippen molar-refractivity contribution >= 4 is 46.8 Å². The summed E-state index contributed by atoms with van der Waals surface area (Å²) < 4.78 is 7.27. The molecule has 1 fully saturated rings. The normalized spacial score (nSPS) is 21.4. The molecule has 0 aliphatic heterocycles. The van der Waals surface area contributed by atoms with Gasteiger partial charge in [-0.25, -0.2) is 19.1 Å². The Balaban J connectivity index is 0.00000195. The van der Waals surface area contributed by atoms with Crippen molar-refractivity contribution in [2.24, 2.45) is 23.7 Å². The van der Waals surface area contributed by atoms with Gasteiger partial charge in [0.2, 0.25) is 5.88 Å². The van der Waals surface area contributed by atoms with Crippen LogP contribution in [0.15, 0.2) is 18.2 Å². The number of hydrogen-bond donors (Lipinski definition) is 1. The van der Waals surface area contributed by atoms with Gasteiger partial charge in [-0.3, -0.25) is 5.10 Å². The van der Waals surface area contributed by atoms with Gasteiger partial charge in [0.1, 0.15) is 17.8 Å². The molecule has 0 spiro atoms. The van der Waals surface area contributed by atoms with Crippen LogP contribution < -0.4 is 4.74 Å². The molecule has 2 heterocycles. The summed E-state index contributed by atoms with van der Waals surface area (Å²) in [7, 11) is 0. The minimum Gasteiger partial charge on any atom is -0.414 e. The van der Waals surface area contributed by atoms with Crippen molar-refractivity contribution in [1.29, 1.82) is 0 Å². The number of fused-ring (bicyclic) bond motifs is 1. The van der Waals surface area contributed by atoms with Gasteiger partial charge < -0.3 is 9.53 Å². The van der Waals surface area contributed by atoms with Gasteiger partial charge in [-0.05, 0) is 68.9 Å². The van der Waals surface area contributed by atoms with Crippen LogP contribution in [-0.2, 0) is 16.6 Å². The highest BCUT2D eigenvalue weighted by molar-refractivity contribution is 6.39. The zero-order valence-electron chi connectivity index (χ0n) is 23.1. The molecule has 1 aromatic carbocycles. The smallest absolute Gasteiger partial charge is 0.346 e. The number of nitrogens with one attached hydrogen (secondary N) is 1. The lowest BCUT2D eigenvalue weighted by atomic mass is 9.67. The first-order valence-corrected chi connectivity index (χ1v) is 13.9. The summed E-state index contributed by atoms with van der Waals surface area (Å²) in [5, 5.41) is 3.39. The van der Waals surface area contributed by atoms with Gasteiger partial charge in [-0.1, -0.05) is 63.9 Å². The summed E-state index contributed by atoms with van der Waals surface area (Å²) in [6, 6.07) is 4.73. The molecule has 0 amide bonds. The number of nitrogens with zero attached hydrogens (tertiary/aromatic N) is 3. The molecule has 7 nitrogen and oxygen atoms in total. The number of carbonyl (C=O) groups is 2. The molecule has 38 heavy (non-hydrogen) atoms. The molecule has 0 bridgehead atoms. The predicted molar refractivity (Wildman–Crippen MR) is 152 cm³/mol. The van der Waals surface area contributed by atoms with Crippen molar-refractivity contribution in [2.75, 3.05) is 0 Å². The summed E-state index contributed by atoms with van der Waals surface area (Å²) in [5.41, 5.74) is 0.531. The second kappa shape index (κ2) is 11.9. The molecule has 2 unspecified atom stereocenters. The number of benzene rings is 1. The lowest BCUT2D eigenvalue weighted by Crippen LogP contribution is -2.30. The van der Waals surface area contributed by atoms with Gasteiger partial charge in [0, 0.05) is 5.56 Å². The van der Waals surface area contributed by atoms with Crippen molar-refractivity contribution in [3.05, 3.63) is 56.6 Å². The number of hydrogen-bond acceptors (Lipinski definition) is 4. The largest absolute Gasteiger partial charge is 0.414 e. The van der Waals surface area contributed by atoms with Crippen LogP contribution in [0.1, 0.15) is 83.1 Å². The van der Waals surface area contributed by atoms with Gasteiger partial charge in [0.25, 0.3) is 5.69 Å². The first kappa shape index (κ1) is 29.7. The Hall–Kier alpha value is -2.82. The number of aromatic amines is 1. The van der Waals surface area contributed by atoms with Gasteiger partial charge in [0.05, 0.1) is 27.6 Å². The fourth-order valence-corrected chi connectivity index (χ4v) is 6.07. The fourth-order valence-electron chi connectivity index (χ4n) is 5.52. The van der Waals surface area contributed by atoms with Crippen molar-refractivity contribution in [1.82, 2.24) is 14.6 Å². The molecule has 1 N–H and O–H groups in total. The highest BCUT2D eigenvalue weighted by atomic mass is 35.5. The lowest BCUT2D eigenvalue weighted by Gasteiger charge is -2.38. The van der Waals surface area contributed by atoms with E-state index in [4.69, 9.17) is 39.5 Å². The van der Waals surface area contributed by atoms with Crippen molar-refractivity contribution in [3.63, 3.8) is 0 Å². The summed E-state index contributed by atoms with van der Waals surface area (Å²) in [6.45, 7) is 22.3. The number of H-pyrrole nitrogens is 1. The number of rotatable bonds is 6. The molecule has 0 radical (unpaired) electrons. The van der Waals surface area contributed by atoms with Crippen LogP contribution in [0.3, 0.4) is 0 Å². The van der Waals surface area contributed by atoms with Gasteiger partial charge in [-0.2, -0.15) is 0 Å². The highest BCUT2D eigenvalue weighted by Gasteiger charge is 2.36. The predicted octanol–water partition coefficient (Wildman–Crippen LogP) is 8.10. The summed E-state index contributed by atoms with van der Waals surface area (Å²) in [4.78, 5) is 33.4. The third-order valence-electron chi connectivity index (χ3n) is 7.43. The molecule has 2 aromatic heterocycles. The molecule has 4 rings (SSSR count). The number of halogens is 2. The monoisotopic (exact) mass is 558 g/mol. The van der Waals surface area contributed by atoms with Crippen LogP contribution in [0.2, 0.25) is 10.0 Å². The van der Waals surface area contributed by atoms with E-state index in [-0.39, 0.29) is 27.2 Å². The molecule has 2 atom stereocenters. The minimum absolute atomic E-state index is 0.0147. The molecule has 9 heteroatoms. The zero-order chi connectivity index (χ0) is 28.4. The maximum absolute atomic E-state index is 13.2. The highest BCUT2D eigenvalue weighted by Crippen LogP contribution is 2.45.